The van der Waals surface area contributed by atoms with Crippen molar-refractivity contribution in [3.63, 3.8) is 0 Å². The first-order valence-corrected chi connectivity index (χ1v) is 9.50. The van der Waals surface area contributed by atoms with Gasteiger partial charge in [-0.25, -0.2) is 9.38 Å². The van der Waals surface area contributed by atoms with Crippen LogP contribution in [0.15, 0.2) is 27.7 Å². The van der Waals surface area contributed by atoms with Crippen molar-refractivity contribution in [2.24, 2.45) is 10.9 Å². The Balaban J connectivity index is 1.96. The highest BCUT2D eigenvalue weighted by Gasteiger charge is 2.23. The SMILES string of the molecule is CCNC(=NCc1ccc(Br)c(F)c1)N1CCC(CC(=O)NC)CC1. The van der Waals surface area contributed by atoms with Gasteiger partial charge in [0.25, 0.3) is 0 Å². The van der Waals surface area contributed by atoms with Gasteiger partial charge in [-0.1, -0.05) is 6.07 Å². The molecule has 0 spiro atoms. The number of nitrogens with zero attached hydrogens (tertiary/aromatic N) is 2. The quantitative estimate of drug-likeness (QED) is 0.577. The minimum absolute atomic E-state index is 0.108. The van der Waals surface area contributed by atoms with Crippen LogP contribution in [0, 0.1) is 11.7 Å². The lowest BCUT2D eigenvalue weighted by Gasteiger charge is -2.34. The van der Waals surface area contributed by atoms with Crippen molar-refractivity contribution in [1.82, 2.24) is 15.5 Å². The standard InChI is InChI=1S/C18H26BrFN4O/c1-3-22-18(23-12-14-4-5-15(19)16(20)10-14)24-8-6-13(7-9-24)11-17(25)21-2/h4-5,10,13H,3,6-9,11-12H2,1-2H3,(H,21,25)(H,22,23). The Labute approximate surface area is 157 Å². The van der Waals surface area contributed by atoms with Gasteiger partial charge in [-0.15, -0.1) is 0 Å². The first-order chi connectivity index (χ1) is 12.0. The average molecular weight is 413 g/mol. The number of benzene rings is 1. The summed E-state index contributed by atoms with van der Waals surface area (Å²) in [5, 5.41) is 6.00. The molecule has 1 aliphatic heterocycles. The molecule has 25 heavy (non-hydrogen) atoms. The number of rotatable bonds is 5. The van der Waals surface area contributed by atoms with Crippen molar-refractivity contribution in [3.8, 4) is 0 Å². The number of guanidine groups is 1. The van der Waals surface area contributed by atoms with Crippen LogP contribution in [0.5, 0.6) is 0 Å². The van der Waals surface area contributed by atoms with Gasteiger partial charge in [0.1, 0.15) is 5.82 Å². The van der Waals surface area contributed by atoms with Crippen LogP contribution in [0.3, 0.4) is 0 Å². The predicted octanol–water partition coefficient (Wildman–Crippen LogP) is 2.90. The zero-order valence-electron chi connectivity index (χ0n) is 14.8. The highest BCUT2D eigenvalue weighted by atomic mass is 79.9. The second-order valence-corrected chi connectivity index (χ2v) is 7.08. The van der Waals surface area contributed by atoms with Gasteiger partial charge in [-0.05, 0) is 59.3 Å². The summed E-state index contributed by atoms with van der Waals surface area (Å²) >= 11 is 3.16. The molecule has 1 aromatic carbocycles. The van der Waals surface area contributed by atoms with Crippen molar-refractivity contribution < 1.29 is 9.18 Å². The summed E-state index contributed by atoms with van der Waals surface area (Å²) in [5.74, 6) is 1.12. The molecule has 0 bridgehead atoms. The van der Waals surface area contributed by atoms with E-state index in [0.29, 0.717) is 23.4 Å². The van der Waals surface area contributed by atoms with E-state index in [0.717, 1.165) is 44.0 Å². The third-order valence-corrected chi connectivity index (χ3v) is 5.04. The predicted molar refractivity (Wildman–Crippen MR) is 102 cm³/mol. The van der Waals surface area contributed by atoms with E-state index in [-0.39, 0.29) is 11.7 Å². The van der Waals surface area contributed by atoms with E-state index in [1.807, 2.05) is 13.0 Å². The van der Waals surface area contributed by atoms with Crippen LogP contribution < -0.4 is 10.6 Å². The maximum atomic E-state index is 13.6. The molecule has 138 valence electrons. The van der Waals surface area contributed by atoms with E-state index in [4.69, 9.17) is 0 Å². The molecular formula is C18H26BrFN4O. The van der Waals surface area contributed by atoms with Crippen LogP contribution in [-0.4, -0.2) is 43.4 Å². The molecular weight excluding hydrogens is 387 g/mol. The second-order valence-electron chi connectivity index (χ2n) is 6.23. The number of aliphatic imine (C=N–C) groups is 1. The molecule has 1 fully saturated rings. The third kappa shape index (κ3) is 5.99. The molecule has 0 aliphatic carbocycles. The Morgan fingerprint density at radius 3 is 2.72 bits per heavy atom. The molecule has 1 aromatic rings. The lowest BCUT2D eigenvalue weighted by Crippen LogP contribution is -2.46. The molecule has 1 amide bonds. The summed E-state index contributed by atoms with van der Waals surface area (Å²) in [7, 11) is 1.68. The molecule has 2 N–H and O–H groups in total. The molecule has 0 atom stereocenters. The molecule has 1 saturated heterocycles. The Hall–Kier alpha value is -1.63. The summed E-state index contributed by atoms with van der Waals surface area (Å²) in [5.41, 5.74) is 0.839. The minimum atomic E-state index is -0.271. The van der Waals surface area contributed by atoms with Gasteiger partial charge in [-0.3, -0.25) is 4.79 Å². The molecule has 0 unspecified atom stereocenters. The Kier molecular flexibility index (Phi) is 7.68. The number of piperidine rings is 1. The Morgan fingerprint density at radius 1 is 1.40 bits per heavy atom. The van der Waals surface area contributed by atoms with Crippen LogP contribution in [0.4, 0.5) is 4.39 Å². The first-order valence-electron chi connectivity index (χ1n) is 8.71. The summed E-state index contributed by atoms with van der Waals surface area (Å²) in [6.07, 6.45) is 2.55. The van der Waals surface area contributed by atoms with E-state index in [1.165, 1.54) is 6.07 Å². The topological polar surface area (TPSA) is 56.7 Å². The van der Waals surface area contributed by atoms with Gasteiger partial charge in [-0.2, -0.15) is 0 Å². The van der Waals surface area contributed by atoms with Gasteiger partial charge in [0.05, 0.1) is 11.0 Å². The molecule has 1 heterocycles. The average Bonchev–Trinajstić information content (AvgIpc) is 2.62. The van der Waals surface area contributed by atoms with Crippen molar-refractivity contribution in [3.05, 3.63) is 34.1 Å². The molecule has 2 rings (SSSR count). The third-order valence-electron chi connectivity index (χ3n) is 4.40. The van der Waals surface area contributed by atoms with Crippen LogP contribution in [0.2, 0.25) is 0 Å². The summed E-state index contributed by atoms with van der Waals surface area (Å²) in [4.78, 5) is 18.4. The van der Waals surface area contributed by atoms with Gasteiger partial charge in [0.2, 0.25) is 5.91 Å². The highest BCUT2D eigenvalue weighted by Crippen LogP contribution is 2.21. The monoisotopic (exact) mass is 412 g/mol. The number of carbonyl (C=O) groups is 1. The summed E-state index contributed by atoms with van der Waals surface area (Å²) in [6.45, 7) is 5.01. The number of amides is 1. The molecule has 0 radical (unpaired) electrons. The van der Waals surface area contributed by atoms with E-state index >= 15 is 0 Å². The first kappa shape index (κ1) is 19.7. The number of carbonyl (C=O) groups excluding carboxylic acids is 1. The molecule has 1 aliphatic rings. The van der Waals surface area contributed by atoms with Gasteiger partial charge in [0.15, 0.2) is 5.96 Å². The van der Waals surface area contributed by atoms with E-state index in [2.05, 4.69) is 36.5 Å². The highest BCUT2D eigenvalue weighted by molar-refractivity contribution is 9.10. The number of halogens is 2. The maximum Gasteiger partial charge on any atom is 0.220 e. The fourth-order valence-corrected chi connectivity index (χ4v) is 3.19. The number of nitrogens with one attached hydrogen (secondary N) is 2. The molecule has 5 nitrogen and oxygen atoms in total. The lowest BCUT2D eigenvalue weighted by molar-refractivity contribution is -0.121. The van der Waals surface area contributed by atoms with E-state index in [9.17, 15) is 9.18 Å². The fourth-order valence-electron chi connectivity index (χ4n) is 2.94. The van der Waals surface area contributed by atoms with Gasteiger partial charge in [0, 0.05) is 33.1 Å². The zero-order chi connectivity index (χ0) is 18.2. The lowest BCUT2D eigenvalue weighted by atomic mass is 9.93. The van der Waals surface area contributed by atoms with Gasteiger partial charge >= 0.3 is 0 Å². The van der Waals surface area contributed by atoms with Crippen molar-refractivity contribution in [2.45, 2.75) is 32.7 Å². The van der Waals surface area contributed by atoms with E-state index in [1.54, 1.807) is 13.1 Å². The van der Waals surface area contributed by atoms with Crippen molar-refractivity contribution in [2.75, 3.05) is 26.7 Å². The van der Waals surface area contributed by atoms with Crippen LogP contribution in [0.1, 0.15) is 31.7 Å². The van der Waals surface area contributed by atoms with Crippen LogP contribution in [0.25, 0.3) is 0 Å². The maximum absolute atomic E-state index is 13.6. The number of likely N-dealkylation sites (tertiary alicyclic amines) is 1. The van der Waals surface area contributed by atoms with Gasteiger partial charge < -0.3 is 15.5 Å². The van der Waals surface area contributed by atoms with Crippen LogP contribution >= 0.6 is 15.9 Å². The minimum Gasteiger partial charge on any atom is -0.359 e. The molecule has 0 aromatic heterocycles. The summed E-state index contributed by atoms with van der Waals surface area (Å²) in [6, 6.07) is 5.08. The Bertz CT molecular complexity index is 615. The van der Waals surface area contributed by atoms with Crippen LogP contribution in [-0.2, 0) is 11.3 Å². The summed E-state index contributed by atoms with van der Waals surface area (Å²) < 4.78 is 14.1. The fraction of sp³-hybridized carbons (Fsp3) is 0.556. The zero-order valence-corrected chi connectivity index (χ0v) is 16.4. The number of hydrogen-bond donors (Lipinski definition) is 2. The molecule has 7 heteroatoms. The number of hydrogen-bond acceptors (Lipinski definition) is 2. The van der Waals surface area contributed by atoms with Crippen molar-refractivity contribution in [1.29, 1.82) is 0 Å². The second kappa shape index (κ2) is 9.75. The Morgan fingerprint density at radius 2 is 2.12 bits per heavy atom. The van der Waals surface area contributed by atoms with Crippen molar-refractivity contribution >= 4 is 27.8 Å². The largest absolute Gasteiger partial charge is 0.359 e. The van der Waals surface area contributed by atoms with E-state index < -0.39 is 0 Å². The normalized spacial score (nSPS) is 16.0. The molecule has 0 saturated carbocycles. The smallest absolute Gasteiger partial charge is 0.220 e.